The van der Waals surface area contributed by atoms with Gasteiger partial charge in [0.2, 0.25) is 0 Å². The lowest BCUT2D eigenvalue weighted by Crippen LogP contribution is -2.41. The van der Waals surface area contributed by atoms with Gasteiger partial charge >= 0.3 is 0 Å². The van der Waals surface area contributed by atoms with Gasteiger partial charge < -0.3 is 10.6 Å². The van der Waals surface area contributed by atoms with Crippen LogP contribution < -0.4 is 5.73 Å². The summed E-state index contributed by atoms with van der Waals surface area (Å²) in [4.78, 5) is 6.97. The lowest BCUT2D eigenvalue weighted by Gasteiger charge is -2.28. The van der Waals surface area contributed by atoms with Gasteiger partial charge in [0, 0.05) is 18.5 Å². The molecule has 0 spiro atoms. The minimum absolute atomic E-state index is 0.270. The number of rotatable bonds is 3. The molecule has 1 saturated heterocycles. The minimum atomic E-state index is 0.270. The van der Waals surface area contributed by atoms with Crippen LogP contribution in [0.15, 0.2) is 29.3 Å². The number of guanidine groups is 1. The minimum Gasteiger partial charge on any atom is -0.370 e. The average Bonchev–Trinajstić information content (AvgIpc) is 3.27. The molecule has 20 heavy (non-hydrogen) atoms. The lowest BCUT2D eigenvalue weighted by molar-refractivity contribution is 0.337. The smallest absolute Gasteiger partial charge is 0.191 e. The highest BCUT2D eigenvalue weighted by Crippen LogP contribution is 2.49. The first-order chi connectivity index (χ1) is 9.71. The monoisotopic (exact) mass is 271 g/mol. The quantitative estimate of drug-likeness (QED) is 0.678. The van der Waals surface area contributed by atoms with Gasteiger partial charge in [0.05, 0.1) is 6.54 Å². The number of benzene rings is 1. The Labute approximate surface area is 121 Å². The fraction of sp³-hybridized carbons (Fsp3) is 0.588. The van der Waals surface area contributed by atoms with Gasteiger partial charge in [-0.1, -0.05) is 24.3 Å². The maximum Gasteiger partial charge on any atom is 0.191 e. The van der Waals surface area contributed by atoms with E-state index in [1.165, 1.54) is 43.2 Å². The predicted octanol–water partition coefficient (Wildman–Crippen LogP) is 2.83. The Morgan fingerprint density at radius 3 is 2.55 bits per heavy atom. The van der Waals surface area contributed by atoms with E-state index in [0.717, 1.165) is 25.6 Å². The summed E-state index contributed by atoms with van der Waals surface area (Å²) in [6, 6.07) is 8.71. The third kappa shape index (κ3) is 2.67. The van der Waals surface area contributed by atoms with E-state index in [9.17, 15) is 0 Å². The molecule has 0 bridgehead atoms. The number of hydrogen-bond acceptors (Lipinski definition) is 1. The molecule has 3 rings (SSSR count). The van der Waals surface area contributed by atoms with Crippen molar-refractivity contribution in [3.8, 4) is 0 Å². The van der Waals surface area contributed by atoms with Crippen molar-refractivity contribution in [2.75, 3.05) is 19.6 Å². The van der Waals surface area contributed by atoms with Crippen LogP contribution in [-0.4, -0.2) is 30.5 Å². The molecule has 1 heterocycles. The molecule has 1 aromatic carbocycles. The van der Waals surface area contributed by atoms with E-state index in [4.69, 9.17) is 10.7 Å². The Morgan fingerprint density at radius 2 is 1.90 bits per heavy atom. The van der Waals surface area contributed by atoms with Crippen LogP contribution in [0.2, 0.25) is 0 Å². The number of nitrogens with two attached hydrogens (primary N) is 1. The molecule has 0 aromatic heterocycles. The van der Waals surface area contributed by atoms with E-state index in [0.29, 0.717) is 0 Å². The topological polar surface area (TPSA) is 41.6 Å². The largest absolute Gasteiger partial charge is 0.370 e. The van der Waals surface area contributed by atoms with Crippen LogP contribution in [0.3, 0.4) is 0 Å². The molecule has 108 valence electrons. The van der Waals surface area contributed by atoms with Gasteiger partial charge in [0.15, 0.2) is 5.96 Å². The molecule has 3 nitrogen and oxygen atoms in total. The number of aryl methyl sites for hydroxylation is 1. The molecule has 1 aliphatic carbocycles. The molecule has 1 aromatic rings. The zero-order chi connectivity index (χ0) is 14.0. The maximum absolute atomic E-state index is 6.18. The summed E-state index contributed by atoms with van der Waals surface area (Å²) < 4.78 is 0. The first kappa shape index (κ1) is 13.5. The molecule has 1 saturated carbocycles. The summed E-state index contributed by atoms with van der Waals surface area (Å²) in [6.45, 7) is 5.20. The number of nitrogens with zero attached hydrogens (tertiary/aromatic N) is 2. The molecule has 0 atom stereocenters. The highest BCUT2D eigenvalue weighted by Gasteiger charge is 2.44. The molecular formula is C17H25N3. The Bertz CT molecular complexity index is 497. The van der Waals surface area contributed by atoms with Crippen LogP contribution in [0.25, 0.3) is 0 Å². The molecule has 3 heteroatoms. The molecule has 0 radical (unpaired) electrons. The van der Waals surface area contributed by atoms with Crippen LogP contribution in [-0.2, 0) is 5.41 Å². The van der Waals surface area contributed by atoms with Crippen molar-refractivity contribution in [3.63, 3.8) is 0 Å². The molecule has 2 fully saturated rings. The molecule has 2 aliphatic rings. The van der Waals surface area contributed by atoms with Crippen molar-refractivity contribution in [2.45, 2.75) is 44.4 Å². The Morgan fingerprint density at radius 1 is 1.20 bits per heavy atom. The van der Waals surface area contributed by atoms with Crippen molar-refractivity contribution in [2.24, 2.45) is 10.7 Å². The lowest BCUT2D eigenvalue weighted by atomic mass is 9.92. The van der Waals surface area contributed by atoms with E-state index in [2.05, 4.69) is 36.1 Å². The van der Waals surface area contributed by atoms with E-state index in [1.807, 2.05) is 0 Å². The average molecular weight is 271 g/mol. The van der Waals surface area contributed by atoms with Gasteiger partial charge in [0.1, 0.15) is 0 Å². The fourth-order valence-electron chi connectivity index (χ4n) is 3.29. The van der Waals surface area contributed by atoms with Crippen molar-refractivity contribution in [1.29, 1.82) is 0 Å². The second-order valence-electron chi connectivity index (χ2n) is 6.32. The molecule has 2 N–H and O–H groups in total. The van der Waals surface area contributed by atoms with Crippen molar-refractivity contribution >= 4 is 5.96 Å². The summed E-state index contributed by atoms with van der Waals surface area (Å²) in [5.74, 6) is 0.754. The zero-order valence-electron chi connectivity index (χ0n) is 12.4. The Hall–Kier alpha value is -1.51. The predicted molar refractivity (Wildman–Crippen MR) is 84.0 cm³/mol. The SMILES string of the molecule is Cc1ccccc1C1(CN=C(N)N2CCCCC2)CC1. The summed E-state index contributed by atoms with van der Waals surface area (Å²) in [6.07, 6.45) is 6.32. The third-order valence-corrected chi connectivity index (χ3v) is 4.79. The van der Waals surface area contributed by atoms with Crippen LogP contribution in [0.5, 0.6) is 0 Å². The Balaban J connectivity index is 1.69. The molecular weight excluding hydrogens is 246 g/mol. The van der Waals surface area contributed by atoms with E-state index in [-0.39, 0.29) is 5.41 Å². The first-order valence-corrected chi connectivity index (χ1v) is 7.82. The van der Waals surface area contributed by atoms with Crippen molar-refractivity contribution < 1.29 is 0 Å². The number of likely N-dealkylation sites (tertiary alicyclic amines) is 1. The number of piperidine rings is 1. The number of aliphatic imine (C=N–C) groups is 1. The van der Waals surface area contributed by atoms with E-state index >= 15 is 0 Å². The summed E-state index contributed by atoms with van der Waals surface area (Å²) in [5.41, 5.74) is 9.30. The zero-order valence-corrected chi connectivity index (χ0v) is 12.4. The first-order valence-electron chi connectivity index (χ1n) is 7.82. The second-order valence-corrected chi connectivity index (χ2v) is 6.32. The van der Waals surface area contributed by atoms with Gasteiger partial charge in [0.25, 0.3) is 0 Å². The summed E-state index contributed by atoms with van der Waals surface area (Å²) in [7, 11) is 0. The fourth-order valence-corrected chi connectivity index (χ4v) is 3.29. The van der Waals surface area contributed by atoms with Gasteiger partial charge in [-0.05, 0) is 50.2 Å². The number of hydrogen-bond donors (Lipinski definition) is 1. The van der Waals surface area contributed by atoms with Crippen LogP contribution in [0, 0.1) is 6.92 Å². The Kier molecular flexibility index (Phi) is 3.68. The van der Waals surface area contributed by atoms with Crippen molar-refractivity contribution in [3.05, 3.63) is 35.4 Å². The molecule has 1 aliphatic heterocycles. The maximum atomic E-state index is 6.18. The van der Waals surface area contributed by atoms with Gasteiger partial charge in [-0.25, -0.2) is 0 Å². The van der Waals surface area contributed by atoms with Crippen LogP contribution in [0.4, 0.5) is 0 Å². The molecule has 0 amide bonds. The van der Waals surface area contributed by atoms with Gasteiger partial charge in [-0.2, -0.15) is 0 Å². The normalized spacial score (nSPS) is 21.9. The van der Waals surface area contributed by atoms with E-state index < -0.39 is 0 Å². The van der Waals surface area contributed by atoms with Crippen molar-refractivity contribution in [1.82, 2.24) is 4.90 Å². The highest BCUT2D eigenvalue weighted by atomic mass is 15.3. The van der Waals surface area contributed by atoms with Crippen LogP contribution in [0.1, 0.15) is 43.2 Å². The standard InChI is InChI=1S/C17H25N3/c1-14-7-3-4-8-15(14)17(9-10-17)13-19-16(18)20-11-5-2-6-12-20/h3-4,7-8H,2,5-6,9-13H2,1H3,(H2,18,19). The van der Waals surface area contributed by atoms with Gasteiger partial charge in [-0.15, -0.1) is 0 Å². The highest BCUT2D eigenvalue weighted by molar-refractivity contribution is 5.78. The second kappa shape index (κ2) is 5.47. The third-order valence-electron chi connectivity index (χ3n) is 4.79. The van der Waals surface area contributed by atoms with Crippen LogP contribution >= 0.6 is 0 Å². The summed E-state index contributed by atoms with van der Waals surface area (Å²) >= 11 is 0. The molecule has 0 unspecified atom stereocenters. The summed E-state index contributed by atoms with van der Waals surface area (Å²) in [5, 5.41) is 0. The van der Waals surface area contributed by atoms with E-state index in [1.54, 1.807) is 0 Å². The van der Waals surface area contributed by atoms with Gasteiger partial charge in [-0.3, -0.25) is 4.99 Å².